The number of piperidine rings is 1. The zero-order valence-corrected chi connectivity index (χ0v) is 12.6. The fourth-order valence-corrected chi connectivity index (χ4v) is 3.75. The SMILES string of the molecule is Cc1cc(F)ccc1NC(=O)N1CC[C@H]2CCCC[C@H]2C1. The lowest BCUT2D eigenvalue weighted by Crippen LogP contribution is -2.46. The third-order valence-electron chi connectivity index (χ3n) is 5.01. The number of fused-ring (bicyclic) bond motifs is 1. The normalized spacial score (nSPS) is 25.3. The summed E-state index contributed by atoms with van der Waals surface area (Å²) in [6.07, 6.45) is 6.36. The molecular formula is C17H23FN2O. The molecule has 1 aliphatic heterocycles. The molecule has 2 amide bonds. The number of halogens is 1. The summed E-state index contributed by atoms with van der Waals surface area (Å²) in [5.41, 5.74) is 1.46. The van der Waals surface area contributed by atoms with Gasteiger partial charge in [0.1, 0.15) is 5.82 Å². The van der Waals surface area contributed by atoms with E-state index >= 15 is 0 Å². The van der Waals surface area contributed by atoms with Gasteiger partial charge in [0, 0.05) is 18.8 Å². The van der Waals surface area contributed by atoms with E-state index in [1.807, 2.05) is 11.8 Å². The molecule has 1 aliphatic carbocycles. The minimum Gasteiger partial charge on any atom is -0.324 e. The van der Waals surface area contributed by atoms with Crippen molar-refractivity contribution in [3.63, 3.8) is 0 Å². The van der Waals surface area contributed by atoms with E-state index in [1.165, 1.54) is 37.8 Å². The molecular weight excluding hydrogens is 267 g/mol. The highest BCUT2D eigenvalue weighted by molar-refractivity contribution is 5.90. The van der Waals surface area contributed by atoms with Crippen LogP contribution in [0.25, 0.3) is 0 Å². The van der Waals surface area contributed by atoms with E-state index in [9.17, 15) is 9.18 Å². The second-order valence-corrected chi connectivity index (χ2v) is 6.43. The van der Waals surface area contributed by atoms with E-state index in [4.69, 9.17) is 0 Å². The molecule has 2 fully saturated rings. The first-order chi connectivity index (χ1) is 10.1. The van der Waals surface area contributed by atoms with Gasteiger partial charge < -0.3 is 10.2 Å². The van der Waals surface area contributed by atoms with Crippen molar-refractivity contribution >= 4 is 11.7 Å². The molecule has 0 spiro atoms. The van der Waals surface area contributed by atoms with Gasteiger partial charge in [-0.05, 0) is 55.4 Å². The first-order valence-corrected chi connectivity index (χ1v) is 7.95. The molecule has 1 N–H and O–H groups in total. The summed E-state index contributed by atoms with van der Waals surface area (Å²) in [5.74, 6) is 1.22. The largest absolute Gasteiger partial charge is 0.324 e. The van der Waals surface area contributed by atoms with Gasteiger partial charge >= 0.3 is 6.03 Å². The Morgan fingerprint density at radius 1 is 1.24 bits per heavy atom. The van der Waals surface area contributed by atoms with Crippen LogP contribution in [0.5, 0.6) is 0 Å². The van der Waals surface area contributed by atoms with Crippen LogP contribution in [0.3, 0.4) is 0 Å². The van der Waals surface area contributed by atoms with Gasteiger partial charge in [-0.15, -0.1) is 0 Å². The average Bonchev–Trinajstić information content (AvgIpc) is 2.49. The Morgan fingerprint density at radius 3 is 2.76 bits per heavy atom. The second kappa shape index (κ2) is 6.04. The number of hydrogen-bond acceptors (Lipinski definition) is 1. The van der Waals surface area contributed by atoms with Gasteiger partial charge in [-0.1, -0.05) is 19.3 Å². The summed E-state index contributed by atoms with van der Waals surface area (Å²) >= 11 is 0. The van der Waals surface area contributed by atoms with Crippen LogP contribution in [0.1, 0.15) is 37.7 Å². The van der Waals surface area contributed by atoms with E-state index in [-0.39, 0.29) is 11.8 Å². The molecule has 2 aliphatic rings. The van der Waals surface area contributed by atoms with Crippen molar-refractivity contribution in [1.82, 2.24) is 4.90 Å². The monoisotopic (exact) mass is 290 g/mol. The Morgan fingerprint density at radius 2 is 2.00 bits per heavy atom. The molecule has 114 valence electrons. The summed E-state index contributed by atoms with van der Waals surface area (Å²) < 4.78 is 13.1. The lowest BCUT2D eigenvalue weighted by Gasteiger charge is -2.41. The maximum atomic E-state index is 13.1. The molecule has 0 bridgehead atoms. The third kappa shape index (κ3) is 3.20. The summed E-state index contributed by atoms with van der Waals surface area (Å²) in [5, 5.41) is 2.92. The number of nitrogens with zero attached hydrogens (tertiary/aromatic N) is 1. The van der Waals surface area contributed by atoms with Gasteiger partial charge in [0.05, 0.1) is 0 Å². The highest BCUT2D eigenvalue weighted by atomic mass is 19.1. The number of likely N-dealkylation sites (tertiary alicyclic amines) is 1. The Labute approximate surface area is 125 Å². The number of carbonyl (C=O) groups excluding carboxylic acids is 1. The molecule has 4 heteroatoms. The molecule has 21 heavy (non-hydrogen) atoms. The number of aryl methyl sites for hydroxylation is 1. The van der Waals surface area contributed by atoms with E-state index in [0.717, 1.165) is 31.0 Å². The number of hydrogen-bond donors (Lipinski definition) is 1. The smallest absolute Gasteiger partial charge is 0.321 e. The van der Waals surface area contributed by atoms with Crippen molar-refractivity contribution in [3.05, 3.63) is 29.6 Å². The lowest BCUT2D eigenvalue weighted by atomic mass is 9.75. The van der Waals surface area contributed by atoms with E-state index in [0.29, 0.717) is 11.6 Å². The Hall–Kier alpha value is -1.58. The van der Waals surface area contributed by atoms with Crippen LogP contribution in [0.15, 0.2) is 18.2 Å². The molecule has 1 saturated heterocycles. The van der Waals surface area contributed by atoms with Crippen LogP contribution in [-0.4, -0.2) is 24.0 Å². The highest BCUT2D eigenvalue weighted by Gasteiger charge is 2.32. The fraction of sp³-hybridized carbons (Fsp3) is 0.588. The van der Waals surface area contributed by atoms with Crippen LogP contribution < -0.4 is 5.32 Å². The van der Waals surface area contributed by atoms with Crippen LogP contribution >= 0.6 is 0 Å². The predicted molar refractivity (Wildman–Crippen MR) is 81.8 cm³/mol. The number of amides is 2. The molecule has 1 saturated carbocycles. The standard InChI is InChI=1S/C17H23FN2O/c1-12-10-15(18)6-7-16(12)19-17(21)20-9-8-13-4-2-3-5-14(13)11-20/h6-7,10,13-14H,2-5,8-9,11H2,1H3,(H,19,21)/t13-,14+/m1/s1. The van der Waals surface area contributed by atoms with Gasteiger partial charge in [0.2, 0.25) is 0 Å². The van der Waals surface area contributed by atoms with Crippen molar-refractivity contribution in [1.29, 1.82) is 0 Å². The average molecular weight is 290 g/mol. The zero-order valence-electron chi connectivity index (χ0n) is 12.6. The number of carbonyl (C=O) groups is 1. The summed E-state index contributed by atoms with van der Waals surface area (Å²) in [4.78, 5) is 14.3. The maximum Gasteiger partial charge on any atom is 0.321 e. The van der Waals surface area contributed by atoms with Crippen LogP contribution in [-0.2, 0) is 0 Å². The molecule has 2 atom stereocenters. The third-order valence-corrected chi connectivity index (χ3v) is 5.01. The van der Waals surface area contributed by atoms with Crippen molar-refractivity contribution in [2.75, 3.05) is 18.4 Å². The van der Waals surface area contributed by atoms with Gasteiger partial charge in [-0.2, -0.15) is 0 Å². The predicted octanol–water partition coefficient (Wildman–Crippen LogP) is 4.18. The van der Waals surface area contributed by atoms with E-state index in [2.05, 4.69) is 5.32 Å². The van der Waals surface area contributed by atoms with E-state index < -0.39 is 0 Å². The molecule has 3 nitrogen and oxygen atoms in total. The number of rotatable bonds is 1. The Bertz CT molecular complexity index is 532. The van der Waals surface area contributed by atoms with Gasteiger partial charge in [0.15, 0.2) is 0 Å². The molecule has 1 heterocycles. The number of nitrogens with one attached hydrogen (secondary N) is 1. The molecule has 1 aromatic carbocycles. The first-order valence-electron chi connectivity index (χ1n) is 7.95. The molecule has 3 rings (SSSR count). The van der Waals surface area contributed by atoms with Crippen molar-refractivity contribution in [2.45, 2.75) is 39.0 Å². The zero-order chi connectivity index (χ0) is 14.8. The molecule has 0 unspecified atom stereocenters. The van der Waals surface area contributed by atoms with Crippen LogP contribution in [0.2, 0.25) is 0 Å². The minimum absolute atomic E-state index is 0.0475. The van der Waals surface area contributed by atoms with Crippen molar-refractivity contribution in [2.24, 2.45) is 11.8 Å². The second-order valence-electron chi connectivity index (χ2n) is 6.43. The van der Waals surface area contributed by atoms with Crippen molar-refractivity contribution < 1.29 is 9.18 Å². The first kappa shape index (κ1) is 14.4. The number of benzene rings is 1. The lowest BCUT2D eigenvalue weighted by molar-refractivity contribution is 0.108. The number of anilines is 1. The molecule has 0 aromatic heterocycles. The quantitative estimate of drug-likeness (QED) is 0.827. The van der Waals surface area contributed by atoms with Crippen molar-refractivity contribution in [3.8, 4) is 0 Å². The topological polar surface area (TPSA) is 32.3 Å². The van der Waals surface area contributed by atoms with E-state index in [1.54, 1.807) is 6.07 Å². The van der Waals surface area contributed by atoms with Crippen LogP contribution in [0.4, 0.5) is 14.9 Å². The Balaban J connectivity index is 1.63. The molecule has 1 aromatic rings. The molecule has 0 radical (unpaired) electrons. The van der Waals surface area contributed by atoms with Crippen LogP contribution in [0, 0.1) is 24.6 Å². The van der Waals surface area contributed by atoms with Gasteiger partial charge in [0.25, 0.3) is 0 Å². The summed E-state index contributed by atoms with van der Waals surface area (Å²) in [6.45, 7) is 3.52. The van der Waals surface area contributed by atoms with Gasteiger partial charge in [-0.3, -0.25) is 0 Å². The maximum absolute atomic E-state index is 13.1. The summed E-state index contributed by atoms with van der Waals surface area (Å²) in [6, 6.07) is 4.42. The minimum atomic E-state index is -0.270. The van der Waals surface area contributed by atoms with Gasteiger partial charge in [-0.25, -0.2) is 9.18 Å². The highest BCUT2D eigenvalue weighted by Crippen LogP contribution is 2.36. The fourth-order valence-electron chi connectivity index (χ4n) is 3.75. The Kier molecular flexibility index (Phi) is 4.13. The number of urea groups is 1. The summed E-state index contributed by atoms with van der Waals surface area (Å²) in [7, 11) is 0.